The molecule has 164 valence electrons. The van der Waals surface area contributed by atoms with Crippen LogP contribution in [0.3, 0.4) is 0 Å². The van der Waals surface area contributed by atoms with Crippen molar-refractivity contribution in [2.75, 3.05) is 26.6 Å². The highest BCUT2D eigenvalue weighted by atomic mass is 16.6. The van der Waals surface area contributed by atoms with Crippen molar-refractivity contribution in [3.63, 3.8) is 0 Å². The van der Waals surface area contributed by atoms with Gasteiger partial charge in [0.15, 0.2) is 17.3 Å². The lowest BCUT2D eigenvalue weighted by molar-refractivity contribution is -0.384. The fourth-order valence-corrected chi connectivity index (χ4v) is 2.94. The molecule has 0 bridgehead atoms. The van der Waals surface area contributed by atoms with E-state index < -0.39 is 4.92 Å². The van der Waals surface area contributed by atoms with Gasteiger partial charge >= 0.3 is 0 Å². The number of hydrogen-bond donors (Lipinski definition) is 1. The van der Waals surface area contributed by atoms with Gasteiger partial charge in [-0.15, -0.1) is 0 Å². The zero-order valence-corrected chi connectivity index (χ0v) is 17.7. The van der Waals surface area contributed by atoms with E-state index in [1.54, 1.807) is 48.7 Å². The van der Waals surface area contributed by atoms with E-state index in [9.17, 15) is 14.9 Å². The monoisotopic (exact) mass is 435 g/mol. The summed E-state index contributed by atoms with van der Waals surface area (Å²) in [6, 6.07) is 12.6. The van der Waals surface area contributed by atoms with Gasteiger partial charge in [0, 0.05) is 35.1 Å². The second kappa shape index (κ2) is 10.1. The Morgan fingerprint density at radius 2 is 1.69 bits per heavy atom. The number of pyridine rings is 1. The van der Waals surface area contributed by atoms with Crippen LogP contribution in [0.5, 0.6) is 17.2 Å². The molecule has 9 heteroatoms. The molecule has 0 atom stereocenters. The summed E-state index contributed by atoms with van der Waals surface area (Å²) in [6.07, 6.45) is 4.65. The smallest absolute Gasteiger partial charge is 0.269 e. The number of aromatic nitrogens is 1. The maximum absolute atomic E-state index is 12.8. The van der Waals surface area contributed by atoms with E-state index in [2.05, 4.69) is 10.3 Å². The summed E-state index contributed by atoms with van der Waals surface area (Å²) in [5.74, 6) is 1.39. The number of anilines is 2. The number of nitro benzene ring substituents is 1. The Morgan fingerprint density at radius 3 is 2.25 bits per heavy atom. The van der Waals surface area contributed by atoms with E-state index in [-0.39, 0.29) is 11.5 Å². The van der Waals surface area contributed by atoms with Crippen molar-refractivity contribution in [2.45, 2.75) is 0 Å². The van der Waals surface area contributed by atoms with Gasteiger partial charge in [-0.3, -0.25) is 14.9 Å². The molecule has 0 amide bonds. The van der Waals surface area contributed by atoms with Gasteiger partial charge in [0.05, 0.1) is 26.3 Å². The standard InChI is InChI=1S/C23H21N3O6/c1-30-20-13-16(14-21(31-2)22(20)32-3)19(27)11-6-15-5-4-12-24-23(15)25-17-7-9-18(10-8-17)26(28)29/h4-14H,1-3H3,(H,24,25). The van der Waals surface area contributed by atoms with Crippen LogP contribution in [0, 0.1) is 10.1 Å². The van der Waals surface area contributed by atoms with Gasteiger partial charge in [0.1, 0.15) is 5.82 Å². The van der Waals surface area contributed by atoms with E-state index >= 15 is 0 Å². The average Bonchev–Trinajstić information content (AvgIpc) is 2.82. The third-order valence-electron chi connectivity index (χ3n) is 4.54. The van der Waals surface area contributed by atoms with E-state index in [1.165, 1.54) is 39.5 Å². The summed E-state index contributed by atoms with van der Waals surface area (Å²) in [7, 11) is 4.45. The maximum Gasteiger partial charge on any atom is 0.269 e. The van der Waals surface area contributed by atoms with Crippen molar-refractivity contribution in [1.29, 1.82) is 0 Å². The second-order valence-electron chi connectivity index (χ2n) is 6.48. The highest BCUT2D eigenvalue weighted by Crippen LogP contribution is 2.38. The number of nitrogens with one attached hydrogen (secondary N) is 1. The van der Waals surface area contributed by atoms with Gasteiger partial charge in [0.2, 0.25) is 5.75 Å². The fraction of sp³-hybridized carbons (Fsp3) is 0.130. The number of nitro groups is 1. The fourth-order valence-electron chi connectivity index (χ4n) is 2.94. The lowest BCUT2D eigenvalue weighted by Crippen LogP contribution is -2.01. The molecule has 0 aliphatic rings. The molecule has 0 spiro atoms. The number of rotatable bonds is 9. The topological polar surface area (TPSA) is 113 Å². The first-order valence-corrected chi connectivity index (χ1v) is 9.45. The number of non-ortho nitro benzene ring substituents is 1. The maximum atomic E-state index is 12.8. The average molecular weight is 435 g/mol. The summed E-state index contributed by atoms with van der Waals surface area (Å²) in [6.45, 7) is 0. The molecule has 0 aliphatic heterocycles. The van der Waals surface area contributed by atoms with Crippen LogP contribution in [0.1, 0.15) is 15.9 Å². The van der Waals surface area contributed by atoms with Crippen molar-refractivity contribution in [2.24, 2.45) is 0 Å². The van der Waals surface area contributed by atoms with Crippen molar-refractivity contribution in [1.82, 2.24) is 4.98 Å². The molecule has 2 aromatic carbocycles. The first kappa shape index (κ1) is 22.3. The molecule has 0 saturated carbocycles. The largest absolute Gasteiger partial charge is 0.493 e. The SMILES string of the molecule is COc1cc(C(=O)C=Cc2cccnc2Nc2ccc([N+](=O)[O-])cc2)cc(OC)c1OC. The molecule has 3 aromatic rings. The highest BCUT2D eigenvalue weighted by Gasteiger charge is 2.16. The molecular formula is C23H21N3O6. The van der Waals surface area contributed by atoms with Crippen LogP contribution < -0.4 is 19.5 Å². The van der Waals surface area contributed by atoms with Gasteiger partial charge in [-0.2, -0.15) is 0 Å². The van der Waals surface area contributed by atoms with Gasteiger partial charge in [-0.25, -0.2) is 4.98 Å². The number of benzene rings is 2. The molecule has 0 saturated heterocycles. The predicted molar refractivity (Wildman–Crippen MR) is 120 cm³/mol. The third kappa shape index (κ3) is 5.01. The molecule has 3 rings (SSSR count). The zero-order chi connectivity index (χ0) is 23.1. The number of carbonyl (C=O) groups excluding carboxylic acids is 1. The normalized spacial score (nSPS) is 10.6. The minimum atomic E-state index is -0.465. The highest BCUT2D eigenvalue weighted by molar-refractivity contribution is 6.07. The van der Waals surface area contributed by atoms with Gasteiger partial charge < -0.3 is 19.5 Å². The van der Waals surface area contributed by atoms with Crippen LogP contribution in [0.2, 0.25) is 0 Å². The first-order chi connectivity index (χ1) is 15.5. The molecule has 1 N–H and O–H groups in total. The second-order valence-corrected chi connectivity index (χ2v) is 6.48. The van der Waals surface area contributed by atoms with Crippen LogP contribution >= 0.6 is 0 Å². The Hall–Kier alpha value is -4.40. The number of ketones is 1. The Balaban J connectivity index is 1.84. The number of methoxy groups -OCH3 is 3. The lowest BCUT2D eigenvalue weighted by Gasteiger charge is -2.13. The first-order valence-electron chi connectivity index (χ1n) is 9.45. The van der Waals surface area contributed by atoms with Gasteiger partial charge in [-0.05, 0) is 48.6 Å². The molecule has 1 heterocycles. The van der Waals surface area contributed by atoms with E-state index in [0.29, 0.717) is 39.9 Å². The van der Waals surface area contributed by atoms with Crippen molar-refractivity contribution >= 4 is 29.1 Å². The lowest BCUT2D eigenvalue weighted by atomic mass is 10.1. The molecule has 9 nitrogen and oxygen atoms in total. The van der Waals surface area contributed by atoms with Crippen molar-refractivity contribution in [3.8, 4) is 17.2 Å². The number of carbonyl (C=O) groups is 1. The molecule has 0 radical (unpaired) electrons. The minimum absolute atomic E-state index is 0.00682. The Labute approximate surface area is 184 Å². The van der Waals surface area contributed by atoms with E-state index in [1.807, 2.05) is 0 Å². The van der Waals surface area contributed by atoms with Crippen LogP contribution in [0.15, 0.2) is 60.8 Å². The van der Waals surface area contributed by atoms with Crippen LogP contribution in [0.25, 0.3) is 6.08 Å². The molecule has 32 heavy (non-hydrogen) atoms. The Morgan fingerprint density at radius 1 is 1.03 bits per heavy atom. The Kier molecular flexibility index (Phi) is 7.02. The summed E-state index contributed by atoms with van der Waals surface area (Å²) in [5, 5.41) is 13.9. The summed E-state index contributed by atoms with van der Waals surface area (Å²) >= 11 is 0. The van der Waals surface area contributed by atoms with Crippen LogP contribution in [0.4, 0.5) is 17.2 Å². The molecular weight excluding hydrogens is 414 g/mol. The van der Waals surface area contributed by atoms with E-state index in [0.717, 1.165) is 0 Å². The number of ether oxygens (including phenoxy) is 3. The molecule has 0 fully saturated rings. The number of nitrogens with zero attached hydrogens (tertiary/aromatic N) is 2. The van der Waals surface area contributed by atoms with Crippen LogP contribution in [-0.2, 0) is 0 Å². The zero-order valence-electron chi connectivity index (χ0n) is 17.7. The minimum Gasteiger partial charge on any atom is -0.493 e. The quantitative estimate of drug-likeness (QED) is 0.224. The summed E-state index contributed by atoms with van der Waals surface area (Å²) < 4.78 is 15.9. The number of hydrogen-bond acceptors (Lipinski definition) is 8. The summed E-state index contributed by atoms with van der Waals surface area (Å²) in [4.78, 5) is 27.4. The third-order valence-corrected chi connectivity index (χ3v) is 4.54. The van der Waals surface area contributed by atoms with Gasteiger partial charge in [-0.1, -0.05) is 0 Å². The molecule has 1 aromatic heterocycles. The molecule has 0 aliphatic carbocycles. The van der Waals surface area contributed by atoms with Crippen molar-refractivity contribution in [3.05, 3.63) is 82.0 Å². The van der Waals surface area contributed by atoms with E-state index in [4.69, 9.17) is 14.2 Å². The van der Waals surface area contributed by atoms with Gasteiger partial charge in [0.25, 0.3) is 5.69 Å². The molecule has 0 unspecified atom stereocenters. The Bertz CT molecular complexity index is 1130. The number of allylic oxidation sites excluding steroid dienone is 1. The van der Waals surface area contributed by atoms with Crippen LogP contribution in [-0.4, -0.2) is 37.0 Å². The summed E-state index contributed by atoms with van der Waals surface area (Å²) in [5.41, 5.74) is 1.64. The van der Waals surface area contributed by atoms with Crippen molar-refractivity contribution < 1.29 is 23.9 Å². The predicted octanol–water partition coefficient (Wildman–Crippen LogP) is 4.66.